The number of carboxylic acid groups (broad SMARTS) is 1. The number of aliphatic carboxylic acids is 1. The van der Waals surface area contributed by atoms with Gasteiger partial charge >= 0.3 is 12.1 Å². The number of carboxylic acids is 1. The summed E-state index contributed by atoms with van der Waals surface area (Å²) in [6, 6.07) is 16.0. The van der Waals surface area contributed by atoms with Crippen molar-refractivity contribution in [3.05, 3.63) is 59.7 Å². The third-order valence-electron chi connectivity index (χ3n) is 5.14. The van der Waals surface area contributed by atoms with Crippen LogP contribution in [0.1, 0.15) is 36.3 Å². The Balaban J connectivity index is 1.42. The van der Waals surface area contributed by atoms with Crippen LogP contribution in [0, 0.1) is 0 Å². The van der Waals surface area contributed by atoms with Crippen LogP contribution in [0.15, 0.2) is 48.5 Å². The van der Waals surface area contributed by atoms with Crippen LogP contribution in [0.2, 0.25) is 0 Å². The second-order valence-corrected chi connectivity index (χ2v) is 7.41. The maximum absolute atomic E-state index is 12.1. The van der Waals surface area contributed by atoms with Crippen molar-refractivity contribution in [3.8, 4) is 11.1 Å². The van der Waals surface area contributed by atoms with E-state index < -0.39 is 24.1 Å². The summed E-state index contributed by atoms with van der Waals surface area (Å²) in [5.41, 5.74) is 4.49. The maximum atomic E-state index is 12.1. The van der Waals surface area contributed by atoms with Crippen molar-refractivity contribution < 1.29 is 29.3 Å². The number of amides is 2. The lowest BCUT2D eigenvalue weighted by Gasteiger charge is -2.16. The molecule has 2 aromatic rings. The number of hydrogen-bond donors (Lipinski definition) is 4. The zero-order valence-corrected chi connectivity index (χ0v) is 17.0. The number of carbonyl (C=O) groups excluding carboxylic acids is 2. The van der Waals surface area contributed by atoms with E-state index in [0.29, 0.717) is 6.42 Å². The number of rotatable bonds is 10. The Morgan fingerprint density at radius 2 is 1.58 bits per heavy atom. The van der Waals surface area contributed by atoms with Gasteiger partial charge in [0.05, 0.1) is 12.5 Å². The standard InChI is InChI=1S/C23H26N2O6/c26-15(12-21(27)24-11-5-10-22(28)29)13-25-23(30)31-14-20-18-8-3-1-6-16(18)17-7-2-4-9-19(17)20/h1-4,6-9,15,20,26H,5,10-14H2,(H,24,27)(H,25,30)(H,28,29). The summed E-state index contributed by atoms with van der Waals surface area (Å²) in [4.78, 5) is 34.2. The van der Waals surface area contributed by atoms with Gasteiger partial charge in [-0.15, -0.1) is 0 Å². The molecular formula is C23H26N2O6. The molecule has 31 heavy (non-hydrogen) atoms. The van der Waals surface area contributed by atoms with Gasteiger partial charge in [-0.3, -0.25) is 9.59 Å². The largest absolute Gasteiger partial charge is 0.481 e. The lowest BCUT2D eigenvalue weighted by atomic mass is 9.98. The predicted molar refractivity (Wildman–Crippen MR) is 114 cm³/mol. The molecule has 4 N–H and O–H groups in total. The number of benzene rings is 2. The molecule has 1 aliphatic rings. The first-order chi connectivity index (χ1) is 15.0. The van der Waals surface area contributed by atoms with Crippen molar-refractivity contribution >= 4 is 18.0 Å². The van der Waals surface area contributed by atoms with Gasteiger partial charge in [0.25, 0.3) is 0 Å². The quantitative estimate of drug-likeness (QED) is 0.432. The van der Waals surface area contributed by atoms with Crippen molar-refractivity contribution in [2.75, 3.05) is 19.7 Å². The van der Waals surface area contributed by atoms with Gasteiger partial charge in [0, 0.05) is 25.4 Å². The van der Waals surface area contributed by atoms with E-state index in [9.17, 15) is 19.5 Å². The van der Waals surface area contributed by atoms with E-state index >= 15 is 0 Å². The van der Waals surface area contributed by atoms with Gasteiger partial charge in [0.1, 0.15) is 6.61 Å². The molecule has 0 fully saturated rings. The Labute approximate surface area is 180 Å². The molecule has 0 bridgehead atoms. The van der Waals surface area contributed by atoms with E-state index in [2.05, 4.69) is 22.8 Å². The highest BCUT2D eigenvalue weighted by Crippen LogP contribution is 2.44. The van der Waals surface area contributed by atoms with Crippen LogP contribution in [0.25, 0.3) is 11.1 Å². The Bertz CT molecular complexity index is 900. The van der Waals surface area contributed by atoms with Gasteiger partial charge in [-0.1, -0.05) is 48.5 Å². The molecule has 0 radical (unpaired) electrons. The van der Waals surface area contributed by atoms with Crippen LogP contribution in [0.4, 0.5) is 4.79 Å². The predicted octanol–water partition coefficient (Wildman–Crippen LogP) is 2.26. The summed E-state index contributed by atoms with van der Waals surface area (Å²) < 4.78 is 5.38. The Kier molecular flexibility index (Phi) is 7.61. The van der Waals surface area contributed by atoms with Crippen LogP contribution < -0.4 is 10.6 Å². The average Bonchev–Trinajstić information content (AvgIpc) is 3.07. The van der Waals surface area contributed by atoms with Gasteiger partial charge < -0.3 is 25.6 Å². The second kappa shape index (κ2) is 10.6. The molecule has 0 aromatic heterocycles. The molecule has 0 heterocycles. The van der Waals surface area contributed by atoms with Crippen molar-refractivity contribution in [1.82, 2.24) is 10.6 Å². The molecule has 0 saturated heterocycles. The number of nitrogens with one attached hydrogen (secondary N) is 2. The normalized spacial score (nSPS) is 13.1. The summed E-state index contributed by atoms with van der Waals surface area (Å²) in [6.07, 6.45) is -1.65. The van der Waals surface area contributed by atoms with Crippen LogP contribution >= 0.6 is 0 Å². The SMILES string of the molecule is O=C(O)CCCNC(=O)CC(O)CNC(=O)OCC1c2ccccc2-c2ccccc21. The fraction of sp³-hybridized carbons (Fsp3) is 0.348. The maximum Gasteiger partial charge on any atom is 0.407 e. The molecule has 3 rings (SSSR count). The van der Waals surface area contributed by atoms with Crippen LogP contribution in [0.3, 0.4) is 0 Å². The van der Waals surface area contributed by atoms with Gasteiger partial charge in [0.2, 0.25) is 5.91 Å². The number of aliphatic hydroxyl groups is 1. The molecule has 2 amide bonds. The molecule has 1 aliphatic carbocycles. The molecule has 0 saturated carbocycles. The number of alkyl carbamates (subject to hydrolysis) is 1. The number of hydrogen-bond acceptors (Lipinski definition) is 5. The molecule has 8 nitrogen and oxygen atoms in total. The monoisotopic (exact) mass is 426 g/mol. The molecular weight excluding hydrogens is 400 g/mol. The lowest BCUT2D eigenvalue weighted by molar-refractivity contribution is -0.137. The van der Waals surface area contributed by atoms with Gasteiger partial charge in [-0.25, -0.2) is 4.79 Å². The lowest BCUT2D eigenvalue weighted by Crippen LogP contribution is -2.36. The van der Waals surface area contributed by atoms with Crippen molar-refractivity contribution in [3.63, 3.8) is 0 Å². The van der Waals surface area contributed by atoms with E-state index in [1.54, 1.807) is 0 Å². The Morgan fingerprint density at radius 3 is 2.19 bits per heavy atom. The molecule has 0 aliphatic heterocycles. The second-order valence-electron chi connectivity index (χ2n) is 7.41. The minimum absolute atomic E-state index is 0.0355. The summed E-state index contributed by atoms with van der Waals surface area (Å²) in [7, 11) is 0. The third-order valence-corrected chi connectivity index (χ3v) is 5.14. The summed E-state index contributed by atoms with van der Waals surface area (Å²) in [5.74, 6) is -1.39. The van der Waals surface area contributed by atoms with Crippen molar-refractivity contribution in [2.24, 2.45) is 0 Å². The molecule has 8 heteroatoms. The van der Waals surface area contributed by atoms with E-state index in [1.807, 2.05) is 36.4 Å². The van der Waals surface area contributed by atoms with E-state index in [1.165, 1.54) is 0 Å². The fourth-order valence-electron chi connectivity index (χ4n) is 3.68. The summed E-state index contributed by atoms with van der Waals surface area (Å²) in [6.45, 7) is 0.261. The van der Waals surface area contributed by atoms with Crippen molar-refractivity contribution in [2.45, 2.75) is 31.3 Å². The minimum Gasteiger partial charge on any atom is -0.481 e. The molecule has 164 valence electrons. The van der Waals surface area contributed by atoms with E-state index in [-0.39, 0.29) is 38.5 Å². The van der Waals surface area contributed by atoms with E-state index in [0.717, 1.165) is 22.3 Å². The van der Waals surface area contributed by atoms with Gasteiger partial charge in [-0.2, -0.15) is 0 Å². The van der Waals surface area contributed by atoms with Crippen LogP contribution in [0.5, 0.6) is 0 Å². The smallest absolute Gasteiger partial charge is 0.407 e. The molecule has 1 unspecified atom stereocenters. The number of ether oxygens (including phenoxy) is 1. The van der Waals surface area contributed by atoms with E-state index in [4.69, 9.17) is 9.84 Å². The highest BCUT2D eigenvalue weighted by Gasteiger charge is 2.29. The molecule has 2 aromatic carbocycles. The summed E-state index contributed by atoms with van der Waals surface area (Å²) in [5, 5.41) is 23.5. The zero-order valence-electron chi connectivity index (χ0n) is 17.0. The van der Waals surface area contributed by atoms with Gasteiger partial charge in [0.15, 0.2) is 0 Å². The van der Waals surface area contributed by atoms with Gasteiger partial charge in [-0.05, 0) is 28.7 Å². The average molecular weight is 426 g/mol. The zero-order chi connectivity index (χ0) is 22.2. The van der Waals surface area contributed by atoms with Crippen molar-refractivity contribution in [1.29, 1.82) is 0 Å². The summed E-state index contributed by atoms with van der Waals surface area (Å²) >= 11 is 0. The van der Waals surface area contributed by atoms with Crippen LogP contribution in [-0.4, -0.2) is 54.0 Å². The molecule has 1 atom stereocenters. The highest BCUT2D eigenvalue weighted by molar-refractivity contribution is 5.79. The number of carbonyl (C=O) groups is 3. The first-order valence-corrected chi connectivity index (χ1v) is 10.2. The first kappa shape index (κ1) is 22.3. The Morgan fingerprint density at radius 1 is 0.968 bits per heavy atom. The number of aliphatic hydroxyl groups excluding tert-OH is 1. The first-order valence-electron chi connectivity index (χ1n) is 10.2. The molecule has 0 spiro atoms. The Hall–Kier alpha value is -3.39. The topological polar surface area (TPSA) is 125 Å². The fourth-order valence-corrected chi connectivity index (χ4v) is 3.68. The highest BCUT2D eigenvalue weighted by atomic mass is 16.5. The number of fused-ring (bicyclic) bond motifs is 3. The van der Waals surface area contributed by atoms with Crippen LogP contribution in [-0.2, 0) is 14.3 Å². The minimum atomic E-state index is -1.07. The third kappa shape index (κ3) is 6.05.